The standard InChI is InChI=1S/C17H18O4/c18-12-6-4-11-5-7-14(19)15(13(11)10-12)17(16(20)21)8-2-1-3-9-17/h4-7,10,18-19H,1-3,8-9H2,(H,20,21). The van der Waals surface area contributed by atoms with Gasteiger partial charge in [0.1, 0.15) is 11.5 Å². The zero-order chi connectivity index (χ0) is 15.0. The molecule has 0 aromatic heterocycles. The number of aliphatic carboxylic acids is 1. The van der Waals surface area contributed by atoms with E-state index in [1.165, 1.54) is 0 Å². The highest BCUT2D eigenvalue weighted by Crippen LogP contribution is 2.46. The number of phenolic OH excluding ortho intramolecular Hbond substituents is 2. The molecule has 1 aliphatic carbocycles. The molecule has 0 heterocycles. The number of hydrogen-bond donors (Lipinski definition) is 3. The van der Waals surface area contributed by atoms with Gasteiger partial charge in [0, 0.05) is 5.56 Å². The highest BCUT2D eigenvalue weighted by atomic mass is 16.4. The van der Waals surface area contributed by atoms with Gasteiger partial charge < -0.3 is 15.3 Å². The van der Waals surface area contributed by atoms with Crippen molar-refractivity contribution in [2.75, 3.05) is 0 Å². The SMILES string of the molecule is O=C(O)C1(c2c(O)ccc3ccc(O)cc23)CCCCC1. The Hall–Kier alpha value is -2.23. The minimum Gasteiger partial charge on any atom is -0.508 e. The first kappa shape index (κ1) is 13.7. The van der Waals surface area contributed by atoms with Crippen molar-refractivity contribution in [1.29, 1.82) is 0 Å². The molecule has 3 N–H and O–H groups in total. The number of aromatic hydroxyl groups is 2. The number of carbonyl (C=O) groups is 1. The van der Waals surface area contributed by atoms with E-state index in [4.69, 9.17) is 0 Å². The Morgan fingerprint density at radius 2 is 1.67 bits per heavy atom. The zero-order valence-electron chi connectivity index (χ0n) is 11.7. The molecule has 2 aromatic carbocycles. The van der Waals surface area contributed by atoms with Crippen LogP contribution < -0.4 is 0 Å². The summed E-state index contributed by atoms with van der Waals surface area (Å²) < 4.78 is 0. The predicted octanol–water partition coefficient (Wildman–Crippen LogP) is 3.54. The highest BCUT2D eigenvalue weighted by Gasteiger charge is 2.44. The molecule has 0 radical (unpaired) electrons. The molecular weight excluding hydrogens is 268 g/mol. The lowest BCUT2D eigenvalue weighted by molar-refractivity contribution is -0.145. The Morgan fingerprint density at radius 3 is 2.33 bits per heavy atom. The Labute approximate surface area is 122 Å². The first-order valence-electron chi connectivity index (χ1n) is 7.23. The highest BCUT2D eigenvalue weighted by molar-refractivity contribution is 5.95. The third kappa shape index (κ3) is 2.11. The second-order valence-electron chi connectivity index (χ2n) is 5.81. The van der Waals surface area contributed by atoms with E-state index in [9.17, 15) is 20.1 Å². The monoisotopic (exact) mass is 286 g/mol. The van der Waals surface area contributed by atoms with Crippen molar-refractivity contribution in [2.24, 2.45) is 0 Å². The van der Waals surface area contributed by atoms with Crippen LogP contribution in [0.4, 0.5) is 0 Å². The van der Waals surface area contributed by atoms with Crippen molar-refractivity contribution in [1.82, 2.24) is 0 Å². The molecule has 2 aromatic rings. The van der Waals surface area contributed by atoms with Gasteiger partial charge in [0.15, 0.2) is 0 Å². The summed E-state index contributed by atoms with van der Waals surface area (Å²) in [6.45, 7) is 0. The summed E-state index contributed by atoms with van der Waals surface area (Å²) in [6, 6.07) is 8.15. The van der Waals surface area contributed by atoms with Gasteiger partial charge in [0.25, 0.3) is 0 Å². The van der Waals surface area contributed by atoms with Gasteiger partial charge in [0.2, 0.25) is 0 Å². The predicted molar refractivity (Wildman–Crippen MR) is 79.7 cm³/mol. The van der Waals surface area contributed by atoms with Crippen LogP contribution in [0.2, 0.25) is 0 Å². The van der Waals surface area contributed by atoms with Crippen LogP contribution in [0, 0.1) is 0 Å². The number of phenols is 2. The molecule has 0 bridgehead atoms. The fourth-order valence-corrected chi connectivity index (χ4v) is 3.53. The molecule has 0 amide bonds. The summed E-state index contributed by atoms with van der Waals surface area (Å²) in [7, 11) is 0. The quantitative estimate of drug-likeness (QED) is 0.789. The first-order valence-corrected chi connectivity index (χ1v) is 7.23. The molecule has 0 spiro atoms. The van der Waals surface area contributed by atoms with Crippen molar-refractivity contribution in [3.05, 3.63) is 35.9 Å². The van der Waals surface area contributed by atoms with Crippen LogP contribution in [0.25, 0.3) is 10.8 Å². The fourth-order valence-electron chi connectivity index (χ4n) is 3.53. The van der Waals surface area contributed by atoms with Crippen LogP contribution in [0.5, 0.6) is 11.5 Å². The van der Waals surface area contributed by atoms with Gasteiger partial charge in [-0.3, -0.25) is 4.79 Å². The lowest BCUT2D eigenvalue weighted by Crippen LogP contribution is -2.38. The Bertz CT molecular complexity index is 694. The van der Waals surface area contributed by atoms with Gasteiger partial charge in [-0.1, -0.05) is 31.4 Å². The van der Waals surface area contributed by atoms with Crippen LogP contribution in [0.15, 0.2) is 30.3 Å². The molecule has 4 heteroatoms. The zero-order valence-corrected chi connectivity index (χ0v) is 11.7. The van der Waals surface area contributed by atoms with E-state index in [2.05, 4.69) is 0 Å². The van der Waals surface area contributed by atoms with E-state index in [1.807, 2.05) is 0 Å². The number of carboxylic acid groups (broad SMARTS) is 1. The number of carboxylic acids is 1. The molecular formula is C17H18O4. The van der Waals surface area contributed by atoms with Crippen molar-refractivity contribution in [3.8, 4) is 11.5 Å². The normalized spacial score (nSPS) is 17.7. The largest absolute Gasteiger partial charge is 0.508 e. The second kappa shape index (κ2) is 4.95. The fraction of sp³-hybridized carbons (Fsp3) is 0.353. The first-order chi connectivity index (χ1) is 10.0. The van der Waals surface area contributed by atoms with Gasteiger partial charge in [-0.15, -0.1) is 0 Å². The molecule has 3 rings (SSSR count). The van der Waals surface area contributed by atoms with E-state index in [0.29, 0.717) is 23.8 Å². The molecule has 0 aliphatic heterocycles. The van der Waals surface area contributed by atoms with Crippen molar-refractivity contribution < 1.29 is 20.1 Å². The van der Waals surface area contributed by atoms with Gasteiger partial charge in [-0.2, -0.15) is 0 Å². The molecule has 1 fully saturated rings. The van der Waals surface area contributed by atoms with Crippen LogP contribution in [0.3, 0.4) is 0 Å². The number of hydrogen-bond acceptors (Lipinski definition) is 3. The maximum atomic E-state index is 12.0. The number of fused-ring (bicyclic) bond motifs is 1. The maximum absolute atomic E-state index is 12.0. The van der Waals surface area contributed by atoms with Gasteiger partial charge in [0.05, 0.1) is 5.41 Å². The van der Waals surface area contributed by atoms with Crippen molar-refractivity contribution in [2.45, 2.75) is 37.5 Å². The molecule has 1 saturated carbocycles. The summed E-state index contributed by atoms with van der Waals surface area (Å²) >= 11 is 0. The third-order valence-electron chi connectivity index (χ3n) is 4.58. The minimum atomic E-state index is -1.06. The average molecular weight is 286 g/mol. The van der Waals surface area contributed by atoms with Crippen LogP contribution in [-0.4, -0.2) is 21.3 Å². The molecule has 1 aliphatic rings. The lowest BCUT2D eigenvalue weighted by atomic mass is 9.68. The molecule has 21 heavy (non-hydrogen) atoms. The molecule has 4 nitrogen and oxygen atoms in total. The van der Waals surface area contributed by atoms with E-state index in [1.54, 1.807) is 30.3 Å². The van der Waals surface area contributed by atoms with E-state index < -0.39 is 11.4 Å². The van der Waals surface area contributed by atoms with Crippen LogP contribution >= 0.6 is 0 Å². The number of rotatable bonds is 2. The van der Waals surface area contributed by atoms with Gasteiger partial charge in [-0.25, -0.2) is 0 Å². The summed E-state index contributed by atoms with van der Waals surface area (Å²) in [6.07, 6.45) is 3.73. The average Bonchev–Trinajstić information content (AvgIpc) is 2.47. The topological polar surface area (TPSA) is 77.8 Å². The molecule has 0 atom stereocenters. The van der Waals surface area contributed by atoms with E-state index in [-0.39, 0.29) is 11.5 Å². The summed E-state index contributed by atoms with van der Waals surface area (Å²) in [5.41, 5.74) is -0.613. The maximum Gasteiger partial charge on any atom is 0.314 e. The molecule has 0 saturated heterocycles. The van der Waals surface area contributed by atoms with Gasteiger partial charge in [-0.05, 0) is 41.8 Å². The van der Waals surface area contributed by atoms with Gasteiger partial charge >= 0.3 is 5.97 Å². The third-order valence-corrected chi connectivity index (χ3v) is 4.58. The summed E-state index contributed by atoms with van der Waals surface area (Å²) in [4.78, 5) is 12.0. The number of benzene rings is 2. The summed E-state index contributed by atoms with van der Waals surface area (Å²) in [5.74, 6) is -0.823. The Kier molecular flexibility index (Phi) is 3.24. The van der Waals surface area contributed by atoms with Crippen molar-refractivity contribution in [3.63, 3.8) is 0 Å². The summed E-state index contributed by atoms with van der Waals surface area (Å²) in [5, 5.41) is 31.3. The Balaban J connectivity index is 2.33. The smallest absolute Gasteiger partial charge is 0.314 e. The molecule has 0 unspecified atom stereocenters. The van der Waals surface area contributed by atoms with E-state index in [0.717, 1.165) is 24.6 Å². The Morgan fingerprint density at radius 1 is 1.00 bits per heavy atom. The van der Waals surface area contributed by atoms with Crippen molar-refractivity contribution >= 4 is 16.7 Å². The lowest BCUT2D eigenvalue weighted by Gasteiger charge is -2.35. The minimum absolute atomic E-state index is 0.00241. The van der Waals surface area contributed by atoms with E-state index >= 15 is 0 Å². The second-order valence-corrected chi connectivity index (χ2v) is 5.81. The van der Waals surface area contributed by atoms with Crippen LogP contribution in [-0.2, 0) is 10.2 Å². The molecule has 110 valence electrons. The van der Waals surface area contributed by atoms with Crippen LogP contribution in [0.1, 0.15) is 37.7 Å².